The number of carbonyl (C=O) groups is 2. The van der Waals surface area contributed by atoms with E-state index in [-0.39, 0.29) is 5.69 Å². The molecule has 2 aromatic rings. The molecular weight excluding hydrogens is 379 g/mol. The summed E-state index contributed by atoms with van der Waals surface area (Å²) in [6.07, 6.45) is -3.35. The minimum Gasteiger partial charge on any atom is -0.496 e. The first kappa shape index (κ1) is 20.7. The van der Waals surface area contributed by atoms with Crippen LogP contribution in [-0.2, 0) is 15.8 Å². The summed E-state index contributed by atoms with van der Waals surface area (Å²) in [5.74, 6) is -1.50. The van der Waals surface area contributed by atoms with Gasteiger partial charge in [-0.3, -0.25) is 9.59 Å². The predicted octanol–water partition coefficient (Wildman–Crippen LogP) is 2.81. The summed E-state index contributed by atoms with van der Waals surface area (Å²) in [5.41, 5.74) is 1.28. The number of rotatable bonds is 5. The molecular formula is C18H16F3N3O4. The average molecular weight is 395 g/mol. The van der Waals surface area contributed by atoms with Crippen molar-refractivity contribution < 1.29 is 32.2 Å². The van der Waals surface area contributed by atoms with Crippen molar-refractivity contribution in [2.45, 2.75) is 6.18 Å². The van der Waals surface area contributed by atoms with Crippen LogP contribution >= 0.6 is 0 Å². The second-order valence-corrected chi connectivity index (χ2v) is 5.31. The maximum atomic E-state index is 12.7. The van der Waals surface area contributed by atoms with Crippen LogP contribution in [0.1, 0.15) is 11.1 Å². The molecule has 10 heteroatoms. The first-order valence-corrected chi connectivity index (χ1v) is 7.79. The molecule has 0 aliphatic rings. The van der Waals surface area contributed by atoms with Crippen LogP contribution in [0.5, 0.6) is 11.5 Å². The van der Waals surface area contributed by atoms with Crippen LogP contribution in [0, 0.1) is 0 Å². The van der Waals surface area contributed by atoms with E-state index in [9.17, 15) is 22.8 Å². The monoisotopic (exact) mass is 395 g/mol. The number of nitrogens with one attached hydrogen (secondary N) is 2. The van der Waals surface area contributed by atoms with Crippen LogP contribution in [-0.4, -0.2) is 32.2 Å². The predicted molar refractivity (Wildman–Crippen MR) is 95.4 cm³/mol. The van der Waals surface area contributed by atoms with Crippen LogP contribution in [0.15, 0.2) is 47.6 Å². The molecule has 2 aromatic carbocycles. The van der Waals surface area contributed by atoms with Crippen molar-refractivity contribution >= 4 is 23.7 Å². The summed E-state index contributed by atoms with van der Waals surface area (Å²) in [6.45, 7) is 0. The molecule has 0 unspecified atom stereocenters. The molecule has 148 valence electrons. The van der Waals surface area contributed by atoms with E-state index in [4.69, 9.17) is 9.47 Å². The molecule has 7 nitrogen and oxygen atoms in total. The number of halogens is 3. The molecule has 28 heavy (non-hydrogen) atoms. The van der Waals surface area contributed by atoms with Gasteiger partial charge in [-0.15, -0.1) is 0 Å². The Labute approximate surface area is 158 Å². The molecule has 0 aliphatic heterocycles. The SMILES string of the molecule is COc1cccc(OC)c1/C=N\NC(=O)C(=O)Nc1cccc(C(F)(F)F)c1. The summed E-state index contributed by atoms with van der Waals surface area (Å²) >= 11 is 0. The highest BCUT2D eigenvalue weighted by Gasteiger charge is 2.30. The molecule has 0 aliphatic carbocycles. The fraction of sp³-hybridized carbons (Fsp3) is 0.167. The summed E-state index contributed by atoms with van der Waals surface area (Å²) in [6, 6.07) is 8.88. The van der Waals surface area contributed by atoms with Gasteiger partial charge in [-0.1, -0.05) is 12.1 Å². The Morgan fingerprint density at radius 3 is 2.18 bits per heavy atom. The first-order chi connectivity index (χ1) is 13.3. The number of ether oxygens (including phenoxy) is 2. The van der Waals surface area contributed by atoms with Crippen molar-refractivity contribution in [1.29, 1.82) is 0 Å². The highest BCUT2D eigenvalue weighted by atomic mass is 19.4. The van der Waals surface area contributed by atoms with E-state index in [0.717, 1.165) is 12.1 Å². The van der Waals surface area contributed by atoms with E-state index in [1.807, 2.05) is 5.43 Å². The van der Waals surface area contributed by atoms with Gasteiger partial charge in [0.05, 0.1) is 31.6 Å². The average Bonchev–Trinajstić information content (AvgIpc) is 2.67. The third kappa shape index (κ3) is 5.22. The lowest BCUT2D eigenvalue weighted by atomic mass is 10.2. The highest BCUT2D eigenvalue weighted by molar-refractivity contribution is 6.39. The Morgan fingerprint density at radius 1 is 1.00 bits per heavy atom. The summed E-state index contributed by atoms with van der Waals surface area (Å²) in [5, 5.41) is 5.73. The fourth-order valence-electron chi connectivity index (χ4n) is 2.17. The number of amides is 2. The van der Waals surface area contributed by atoms with Gasteiger partial charge in [0.1, 0.15) is 11.5 Å². The van der Waals surface area contributed by atoms with E-state index in [1.54, 1.807) is 18.2 Å². The molecule has 0 spiro atoms. The van der Waals surface area contributed by atoms with Gasteiger partial charge < -0.3 is 14.8 Å². The van der Waals surface area contributed by atoms with Gasteiger partial charge in [0, 0.05) is 5.69 Å². The van der Waals surface area contributed by atoms with Gasteiger partial charge in [-0.25, -0.2) is 5.43 Å². The maximum Gasteiger partial charge on any atom is 0.416 e. The molecule has 0 bridgehead atoms. The number of hydrogen-bond donors (Lipinski definition) is 2. The minimum atomic E-state index is -4.57. The number of methoxy groups -OCH3 is 2. The van der Waals surface area contributed by atoms with Crippen molar-refractivity contribution in [3.05, 3.63) is 53.6 Å². The lowest BCUT2D eigenvalue weighted by Crippen LogP contribution is -2.32. The van der Waals surface area contributed by atoms with E-state index >= 15 is 0 Å². The second kappa shape index (κ2) is 8.89. The standard InChI is InChI=1S/C18H16F3N3O4/c1-27-14-7-4-8-15(28-2)13(14)10-22-24-17(26)16(25)23-12-6-3-5-11(9-12)18(19,20)21/h3-10H,1-2H3,(H,23,25)(H,24,26)/b22-10-. The second-order valence-electron chi connectivity index (χ2n) is 5.31. The Morgan fingerprint density at radius 2 is 1.61 bits per heavy atom. The van der Waals surface area contributed by atoms with Crippen molar-refractivity contribution in [3.63, 3.8) is 0 Å². The fourth-order valence-corrected chi connectivity index (χ4v) is 2.17. The van der Waals surface area contributed by atoms with Crippen LogP contribution in [0.25, 0.3) is 0 Å². The smallest absolute Gasteiger partial charge is 0.416 e. The van der Waals surface area contributed by atoms with Crippen molar-refractivity contribution in [2.75, 3.05) is 19.5 Å². The number of benzene rings is 2. The zero-order chi connectivity index (χ0) is 20.7. The molecule has 0 atom stereocenters. The normalized spacial score (nSPS) is 11.2. The van der Waals surface area contributed by atoms with Crippen LogP contribution in [0.2, 0.25) is 0 Å². The first-order valence-electron chi connectivity index (χ1n) is 7.79. The van der Waals surface area contributed by atoms with Crippen molar-refractivity contribution in [1.82, 2.24) is 5.43 Å². The quantitative estimate of drug-likeness (QED) is 0.463. The van der Waals surface area contributed by atoms with E-state index in [1.165, 1.54) is 26.5 Å². The molecule has 0 radical (unpaired) electrons. The van der Waals surface area contributed by atoms with Gasteiger partial charge in [0.15, 0.2) is 0 Å². The van der Waals surface area contributed by atoms with Crippen LogP contribution in [0.4, 0.5) is 18.9 Å². The number of hydrazone groups is 1. The number of anilines is 1. The number of alkyl halides is 3. The molecule has 2 amide bonds. The van der Waals surface area contributed by atoms with E-state index < -0.39 is 23.6 Å². The third-order valence-electron chi connectivity index (χ3n) is 3.48. The molecule has 0 fully saturated rings. The largest absolute Gasteiger partial charge is 0.496 e. The van der Waals surface area contributed by atoms with Gasteiger partial charge in [-0.2, -0.15) is 18.3 Å². The maximum absolute atomic E-state index is 12.7. The Bertz CT molecular complexity index is 876. The topological polar surface area (TPSA) is 89.0 Å². The highest BCUT2D eigenvalue weighted by Crippen LogP contribution is 2.30. The summed E-state index contributed by atoms with van der Waals surface area (Å²) < 4.78 is 48.4. The lowest BCUT2D eigenvalue weighted by Gasteiger charge is -2.10. The van der Waals surface area contributed by atoms with Crippen LogP contribution in [0.3, 0.4) is 0 Å². The summed E-state index contributed by atoms with van der Waals surface area (Å²) in [4.78, 5) is 23.6. The van der Waals surface area contributed by atoms with Gasteiger partial charge >= 0.3 is 18.0 Å². The van der Waals surface area contributed by atoms with E-state index in [2.05, 4.69) is 10.4 Å². The Kier molecular flexibility index (Phi) is 6.59. The molecule has 2 N–H and O–H groups in total. The van der Waals surface area contributed by atoms with Gasteiger partial charge in [0.25, 0.3) is 0 Å². The van der Waals surface area contributed by atoms with Crippen molar-refractivity contribution in [3.8, 4) is 11.5 Å². The summed E-state index contributed by atoms with van der Waals surface area (Å²) in [7, 11) is 2.88. The molecule has 2 rings (SSSR count). The third-order valence-corrected chi connectivity index (χ3v) is 3.48. The number of carbonyl (C=O) groups excluding carboxylic acids is 2. The van der Waals surface area contributed by atoms with E-state index in [0.29, 0.717) is 23.1 Å². The zero-order valence-corrected chi connectivity index (χ0v) is 14.8. The van der Waals surface area contributed by atoms with Gasteiger partial charge in [0.2, 0.25) is 0 Å². The number of hydrogen-bond acceptors (Lipinski definition) is 5. The van der Waals surface area contributed by atoms with Crippen LogP contribution < -0.4 is 20.2 Å². The molecule has 0 saturated carbocycles. The van der Waals surface area contributed by atoms with Crippen molar-refractivity contribution in [2.24, 2.45) is 5.10 Å². The molecule has 0 aromatic heterocycles. The minimum absolute atomic E-state index is 0.176. The Balaban J connectivity index is 2.04. The number of nitrogens with zero attached hydrogens (tertiary/aromatic N) is 1. The molecule has 0 saturated heterocycles. The lowest BCUT2D eigenvalue weighted by molar-refractivity contribution is -0.137. The molecule has 0 heterocycles. The zero-order valence-electron chi connectivity index (χ0n) is 14.8. The Hall–Kier alpha value is -3.56. The van der Waals surface area contributed by atoms with Gasteiger partial charge in [-0.05, 0) is 30.3 Å².